The van der Waals surface area contributed by atoms with Crippen molar-refractivity contribution in [1.29, 1.82) is 0 Å². The third kappa shape index (κ3) is 1.51. The molecule has 0 aliphatic carbocycles. The van der Waals surface area contributed by atoms with Crippen LogP contribution >= 0.6 is 0 Å². The number of aryl methyl sites for hydroxylation is 3. The molecule has 0 atom stereocenters. The fourth-order valence-corrected chi connectivity index (χ4v) is 1.18. The highest BCUT2D eigenvalue weighted by Crippen LogP contribution is 2.06. The van der Waals surface area contributed by atoms with E-state index in [1.54, 1.807) is 10.9 Å². The summed E-state index contributed by atoms with van der Waals surface area (Å²) in [5, 5.41) is 4.27. The smallest absolute Gasteiger partial charge is 0.172 e. The number of hydrogen-bond acceptors (Lipinski definition) is 3. The predicted octanol–water partition coefficient (Wildman–Crippen LogP) is 1.59. The highest BCUT2D eigenvalue weighted by Gasteiger charge is 2.02. The quantitative estimate of drug-likeness (QED) is 0.682. The summed E-state index contributed by atoms with van der Waals surface area (Å²) in [6, 6.07) is 1.94. The van der Waals surface area contributed by atoms with Crippen LogP contribution in [0.3, 0.4) is 0 Å². The van der Waals surface area contributed by atoms with Crippen LogP contribution in [0, 0.1) is 20.8 Å². The zero-order chi connectivity index (χ0) is 10.1. The summed E-state index contributed by atoms with van der Waals surface area (Å²) in [4.78, 5) is 8.64. The molecule has 4 nitrogen and oxygen atoms in total. The molecule has 0 bridgehead atoms. The van der Waals surface area contributed by atoms with Crippen LogP contribution in [0.2, 0.25) is 0 Å². The van der Waals surface area contributed by atoms with E-state index in [9.17, 15) is 0 Å². The van der Waals surface area contributed by atoms with Crippen LogP contribution in [0.15, 0.2) is 18.5 Å². The zero-order valence-electron chi connectivity index (χ0n) is 8.52. The molecule has 14 heavy (non-hydrogen) atoms. The van der Waals surface area contributed by atoms with Gasteiger partial charge in [-0.2, -0.15) is 5.10 Å². The monoisotopic (exact) mass is 188 g/mol. The summed E-state index contributed by atoms with van der Waals surface area (Å²) in [6.07, 6.45) is 3.61. The first-order chi connectivity index (χ1) is 6.66. The first kappa shape index (κ1) is 8.87. The van der Waals surface area contributed by atoms with Crippen molar-refractivity contribution in [1.82, 2.24) is 19.7 Å². The van der Waals surface area contributed by atoms with Crippen molar-refractivity contribution in [2.24, 2.45) is 0 Å². The second-order valence-corrected chi connectivity index (χ2v) is 3.30. The molecule has 4 heteroatoms. The molecule has 0 saturated heterocycles. The maximum Gasteiger partial charge on any atom is 0.172 e. The van der Waals surface area contributed by atoms with Gasteiger partial charge < -0.3 is 0 Å². The SMILES string of the molecule is Cc1ccn(-c2cnc(C)c(C)n2)n1. The Balaban J connectivity index is 2.47. The van der Waals surface area contributed by atoms with Crippen LogP contribution in [0.4, 0.5) is 0 Å². The van der Waals surface area contributed by atoms with E-state index in [0.29, 0.717) is 0 Å². The molecule has 72 valence electrons. The lowest BCUT2D eigenvalue weighted by Crippen LogP contribution is -2.02. The number of nitrogens with zero attached hydrogens (tertiary/aromatic N) is 4. The van der Waals surface area contributed by atoms with E-state index in [1.807, 2.05) is 33.0 Å². The van der Waals surface area contributed by atoms with Crippen LogP contribution in [-0.4, -0.2) is 19.7 Å². The summed E-state index contributed by atoms with van der Waals surface area (Å²) in [6.45, 7) is 5.84. The Hall–Kier alpha value is -1.71. The highest BCUT2D eigenvalue weighted by atomic mass is 15.3. The summed E-state index contributed by atoms with van der Waals surface area (Å²) in [7, 11) is 0. The maximum absolute atomic E-state index is 4.39. The van der Waals surface area contributed by atoms with Crippen LogP contribution in [-0.2, 0) is 0 Å². The number of hydrogen-bond donors (Lipinski definition) is 0. The Morgan fingerprint density at radius 2 is 1.93 bits per heavy atom. The van der Waals surface area contributed by atoms with Gasteiger partial charge in [-0.05, 0) is 26.8 Å². The lowest BCUT2D eigenvalue weighted by Gasteiger charge is -2.02. The van der Waals surface area contributed by atoms with Crippen molar-refractivity contribution in [2.45, 2.75) is 20.8 Å². The molecule has 2 rings (SSSR count). The van der Waals surface area contributed by atoms with Gasteiger partial charge in [0.2, 0.25) is 0 Å². The van der Waals surface area contributed by atoms with Gasteiger partial charge in [0.1, 0.15) is 0 Å². The van der Waals surface area contributed by atoms with Crippen LogP contribution in [0.1, 0.15) is 17.1 Å². The van der Waals surface area contributed by atoms with E-state index in [2.05, 4.69) is 15.1 Å². The Morgan fingerprint density at radius 3 is 2.50 bits per heavy atom. The average molecular weight is 188 g/mol. The lowest BCUT2D eigenvalue weighted by atomic mass is 10.3. The molecule has 2 aromatic rings. The highest BCUT2D eigenvalue weighted by molar-refractivity contribution is 5.22. The molecule has 0 saturated carbocycles. The first-order valence-corrected chi connectivity index (χ1v) is 4.50. The third-order valence-corrected chi connectivity index (χ3v) is 2.14. The van der Waals surface area contributed by atoms with Crippen molar-refractivity contribution >= 4 is 0 Å². The van der Waals surface area contributed by atoms with Crippen molar-refractivity contribution in [3.8, 4) is 5.82 Å². The van der Waals surface area contributed by atoms with Gasteiger partial charge in [0.25, 0.3) is 0 Å². The van der Waals surface area contributed by atoms with Gasteiger partial charge in [-0.1, -0.05) is 0 Å². The minimum Gasteiger partial charge on any atom is -0.256 e. The van der Waals surface area contributed by atoms with Gasteiger partial charge in [-0.15, -0.1) is 0 Å². The molecule has 0 aliphatic heterocycles. The molecule has 0 spiro atoms. The molecule has 0 aliphatic rings. The van der Waals surface area contributed by atoms with E-state index in [0.717, 1.165) is 22.9 Å². The summed E-state index contributed by atoms with van der Waals surface area (Å²) >= 11 is 0. The van der Waals surface area contributed by atoms with E-state index in [4.69, 9.17) is 0 Å². The Labute approximate surface area is 82.6 Å². The van der Waals surface area contributed by atoms with E-state index in [1.165, 1.54) is 0 Å². The van der Waals surface area contributed by atoms with Crippen molar-refractivity contribution < 1.29 is 0 Å². The van der Waals surface area contributed by atoms with Crippen LogP contribution < -0.4 is 0 Å². The molecule has 2 heterocycles. The summed E-state index contributed by atoms with van der Waals surface area (Å²) in [5.41, 5.74) is 2.87. The van der Waals surface area contributed by atoms with Gasteiger partial charge in [0.05, 0.1) is 23.3 Å². The molecule has 0 fully saturated rings. The van der Waals surface area contributed by atoms with Gasteiger partial charge >= 0.3 is 0 Å². The van der Waals surface area contributed by atoms with Gasteiger partial charge in [0.15, 0.2) is 5.82 Å². The molecular formula is C10H12N4. The Kier molecular flexibility index (Phi) is 2.04. The second-order valence-electron chi connectivity index (χ2n) is 3.30. The summed E-state index contributed by atoms with van der Waals surface area (Å²) in [5.74, 6) is 0.765. The van der Waals surface area contributed by atoms with E-state index in [-0.39, 0.29) is 0 Å². The lowest BCUT2D eigenvalue weighted by molar-refractivity contribution is 0.812. The molecule has 0 unspecified atom stereocenters. The average Bonchev–Trinajstić information content (AvgIpc) is 2.57. The van der Waals surface area contributed by atoms with Crippen molar-refractivity contribution in [3.05, 3.63) is 35.5 Å². The molecule has 2 aromatic heterocycles. The molecular weight excluding hydrogens is 176 g/mol. The van der Waals surface area contributed by atoms with Crippen LogP contribution in [0.25, 0.3) is 5.82 Å². The predicted molar refractivity (Wildman–Crippen MR) is 53.4 cm³/mol. The minimum atomic E-state index is 0.765. The van der Waals surface area contributed by atoms with E-state index >= 15 is 0 Å². The zero-order valence-corrected chi connectivity index (χ0v) is 8.52. The van der Waals surface area contributed by atoms with Crippen LogP contribution in [0.5, 0.6) is 0 Å². The standard InChI is InChI=1S/C10H12N4/c1-7-4-5-14(13-7)10-6-11-8(2)9(3)12-10/h4-6H,1-3H3. The van der Waals surface area contributed by atoms with E-state index < -0.39 is 0 Å². The normalized spacial score (nSPS) is 10.5. The molecule has 0 amide bonds. The fourth-order valence-electron chi connectivity index (χ4n) is 1.18. The largest absolute Gasteiger partial charge is 0.256 e. The van der Waals surface area contributed by atoms with Crippen molar-refractivity contribution in [3.63, 3.8) is 0 Å². The topological polar surface area (TPSA) is 43.6 Å². The number of rotatable bonds is 1. The minimum absolute atomic E-state index is 0.765. The summed E-state index contributed by atoms with van der Waals surface area (Å²) < 4.78 is 1.73. The fraction of sp³-hybridized carbons (Fsp3) is 0.300. The van der Waals surface area contributed by atoms with Gasteiger partial charge in [-0.3, -0.25) is 4.98 Å². The number of aromatic nitrogens is 4. The molecule has 0 N–H and O–H groups in total. The molecule has 0 radical (unpaired) electrons. The van der Waals surface area contributed by atoms with Crippen molar-refractivity contribution in [2.75, 3.05) is 0 Å². The van der Waals surface area contributed by atoms with Gasteiger partial charge in [0, 0.05) is 6.20 Å². The Bertz CT molecular complexity index is 459. The van der Waals surface area contributed by atoms with Gasteiger partial charge in [-0.25, -0.2) is 9.67 Å². The Morgan fingerprint density at radius 1 is 1.14 bits per heavy atom. The first-order valence-electron chi connectivity index (χ1n) is 4.50. The molecule has 0 aromatic carbocycles. The third-order valence-electron chi connectivity index (χ3n) is 2.14. The second kappa shape index (κ2) is 3.21. The maximum atomic E-state index is 4.39.